The Labute approximate surface area is 137 Å². The number of nitrogens with zero attached hydrogens (tertiary/aromatic N) is 4. The first-order valence-corrected chi connectivity index (χ1v) is 7.57. The fourth-order valence-electron chi connectivity index (χ4n) is 2.46. The van der Waals surface area contributed by atoms with E-state index in [1.54, 1.807) is 24.8 Å². The zero-order valence-electron chi connectivity index (χ0n) is 13.0. The molecule has 1 aromatic carbocycles. The molecule has 120 valence electrons. The number of aromatic amines is 2. The van der Waals surface area contributed by atoms with Crippen molar-refractivity contribution in [1.82, 2.24) is 30.1 Å². The summed E-state index contributed by atoms with van der Waals surface area (Å²) in [4.78, 5) is 16.1. The third-order valence-corrected chi connectivity index (χ3v) is 3.71. The van der Waals surface area contributed by atoms with Crippen molar-refractivity contribution in [2.24, 2.45) is 0 Å². The van der Waals surface area contributed by atoms with Crippen LogP contribution in [0, 0.1) is 0 Å². The maximum atomic E-state index is 4.46. The lowest BCUT2D eigenvalue weighted by molar-refractivity contribution is 0.862. The minimum Gasteiger partial charge on any atom is -0.348 e. The fraction of sp³-hybridized carbons (Fsp3) is 0.125. The Bertz CT molecular complexity index is 944. The molecule has 0 saturated carbocycles. The molecule has 4 rings (SSSR count). The lowest BCUT2D eigenvalue weighted by atomic mass is 10.1. The van der Waals surface area contributed by atoms with Gasteiger partial charge in [-0.2, -0.15) is 10.1 Å². The number of hydrogen-bond acceptors (Lipinski definition) is 6. The van der Waals surface area contributed by atoms with Gasteiger partial charge in [-0.1, -0.05) is 6.07 Å². The van der Waals surface area contributed by atoms with Gasteiger partial charge in [-0.05, 0) is 30.7 Å². The number of anilines is 3. The molecule has 0 spiro atoms. The van der Waals surface area contributed by atoms with E-state index >= 15 is 0 Å². The number of fused-ring (bicyclic) bond motifs is 1. The van der Waals surface area contributed by atoms with Gasteiger partial charge in [-0.3, -0.25) is 5.10 Å². The van der Waals surface area contributed by atoms with Gasteiger partial charge in [0.1, 0.15) is 11.6 Å². The lowest BCUT2D eigenvalue weighted by Crippen LogP contribution is -2.10. The zero-order valence-corrected chi connectivity index (χ0v) is 13.0. The van der Waals surface area contributed by atoms with Gasteiger partial charge in [0.25, 0.3) is 0 Å². The van der Waals surface area contributed by atoms with Crippen molar-refractivity contribution < 1.29 is 0 Å². The van der Waals surface area contributed by atoms with Crippen LogP contribution in [0.1, 0.15) is 18.5 Å². The Kier molecular flexibility index (Phi) is 3.54. The van der Waals surface area contributed by atoms with Crippen LogP contribution >= 0.6 is 0 Å². The van der Waals surface area contributed by atoms with Crippen LogP contribution in [0.25, 0.3) is 11.0 Å². The lowest BCUT2D eigenvalue weighted by Gasteiger charge is -2.14. The minimum absolute atomic E-state index is 0.0557. The van der Waals surface area contributed by atoms with Crippen molar-refractivity contribution in [2.45, 2.75) is 13.0 Å². The second-order valence-corrected chi connectivity index (χ2v) is 5.41. The molecule has 4 aromatic rings. The van der Waals surface area contributed by atoms with Gasteiger partial charge in [-0.15, -0.1) is 0 Å². The predicted octanol–water partition coefficient (Wildman–Crippen LogP) is 2.99. The Hall–Kier alpha value is -3.42. The van der Waals surface area contributed by atoms with Gasteiger partial charge in [0.2, 0.25) is 5.95 Å². The number of nitrogens with one attached hydrogen (secondary N) is 4. The average molecular weight is 320 g/mol. The van der Waals surface area contributed by atoms with Gasteiger partial charge < -0.3 is 15.6 Å². The summed E-state index contributed by atoms with van der Waals surface area (Å²) in [5.41, 5.74) is 3.09. The first-order valence-electron chi connectivity index (χ1n) is 7.57. The van der Waals surface area contributed by atoms with E-state index in [1.165, 1.54) is 0 Å². The van der Waals surface area contributed by atoms with Crippen LogP contribution in [0.5, 0.6) is 0 Å². The average Bonchev–Trinajstić information content (AvgIpc) is 3.25. The highest BCUT2D eigenvalue weighted by atomic mass is 15.2. The Morgan fingerprint density at radius 2 is 2.04 bits per heavy atom. The van der Waals surface area contributed by atoms with E-state index in [-0.39, 0.29) is 6.04 Å². The van der Waals surface area contributed by atoms with E-state index in [4.69, 9.17) is 0 Å². The maximum Gasteiger partial charge on any atom is 0.225 e. The highest BCUT2D eigenvalue weighted by Gasteiger charge is 2.09. The molecule has 8 heteroatoms. The molecular weight excluding hydrogens is 304 g/mol. The van der Waals surface area contributed by atoms with Crippen molar-refractivity contribution >= 4 is 28.6 Å². The Balaban J connectivity index is 1.51. The molecule has 3 heterocycles. The highest BCUT2D eigenvalue weighted by Crippen LogP contribution is 2.21. The zero-order chi connectivity index (χ0) is 16.4. The highest BCUT2D eigenvalue weighted by molar-refractivity contribution is 5.75. The molecule has 0 aliphatic carbocycles. The second kappa shape index (κ2) is 5.99. The molecule has 0 aliphatic rings. The van der Waals surface area contributed by atoms with E-state index in [2.05, 4.69) is 53.8 Å². The van der Waals surface area contributed by atoms with Crippen LogP contribution in [0.3, 0.4) is 0 Å². The number of imidazole rings is 1. The predicted molar refractivity (Wildman–Crippen MR) is 92.0 cm³/mol. The number of aromatic nitrogens is 6. The monoisotopic (exact) mass is 320 g/mol. The second-order valence-electron chi connectivity index (χ2n) is 5.41. The van der Waals surface area contributed by atoms with Crippen LogP contribution in [0.2, 0.25) is 0 Å². The molecule has 0 amide bonds. The van der Waals surface area contributed by atoms with Crippen molar-refractivity contribution in [1.29, 1.82) is 0 Å². The van der Waals surface area contributed by atoms with Crippen molar-refractivity contribution in [3.63, 3.8) is 0 Å². The minimum atomic E-state index is 0.0557. The van der Waals surface area contributed by atoms with Crippen LogP contribution in [0.15, 0.2) is 49.1 Å². The van der Waals surface area contributed by atoms with Gasteiger partial charge in [0.15, 0.2) is 0 Å². The van der Waals surface area contributed by atoms with E-state index in [0.29, 0.717) is 11.8 Å². The molecule has 24 heavy (non-hydrogen) atoms. The summed E-state index contributed by atoms with van der Waals surface area (Å²) in [6, 6.07) is 9.81. The van der Waals surface area contributed by atoms with Crippen LogP contribution < -0.4 is 10.6 Å². The number of benzene rings is 1. The molecule has 3 aromatic heterocycles. The standard InChI is InChI=1S/C16H16N8/c1-10(11-2-3-12-13(8-11)19-9-18-12)21-16-17-6-4-14(23-16)22-15-5-7-20-24-15/h2-10H,1H3,(H,18,19)(H3,17,20,21,22,23,24). The number of H-pyrrole nitrogens is 2. The van der Waals surface area contributed by atoms with Gasteiger partial charge >= 0.3 is 0 Å². The molecule has 0 bridgehead atoms. The quantitative estimate of drug-likeness (QED) is 0.450. The molecule has 4 N–H and O–H groups in total. The maximum absolute atomic E-state index is 4.46. The summed E-state index contributed by atoms with van der Waals surface area (Å²) in [5, 5.41) is 13.2. The third kappa shape index (κ3) is 2.89. The summed E-state index contributed by atoms with van der Waals surface area (Å²) >= 11 is 0. The topological polar surface area (TPSA) is 107 Å². The first-order chi connectivity index (χ1) is 11.8. The van der Waals surface area contributed by atoms with Crippen LogP contribution in [-0.4, -0.2) is 30.1 Å². The van der Waals surface area contributed by atoms with Crippen LogP contribution in [-0.2, 0) is 0 Å². The Morgan fingerprint density at radius 1 is 1.08 bits per heavy atom. The molecule has 0 aliphatic heterocycles. The smallest absolute Gasteiger partial charge is 0.225 e. The van der Waals surface area contributed by atoms with Crippen molar-refractivity contribution in [3.8, 4) is 0 Å². The third-order valence-electron chi connectivity index (χ3n) is 3.71. The summed E-state index contributed by atoms with van der Waals surface area (Å²) in [7, 11) is 0. The van der Waals surface area contributed by atoms with Gasteiger partial charge in [-0.25, -0.2) is 9.97 Å². The van der Waals surface area contributed by atoms with Crippen molar-refractivity contribution in [2.75, 3.05) is 10.6 Å². The molecular formula is C16H16N8. The Morgan fingerprint density at radius 3 is 2.92 bits per heavy atom. The van der Waals surface area contributed by atoms with Crippen LogP contribution in [0.4, 0.5) is 17.6 Å². The normalized spacial score (nSPS) is 12.2. The summed E-state index contributed by atoms with van der Waals surface area (Å²) in [6.45, 7) is 2.07. The summed E-state index contributed by atoms with van der Waals surface area (Å²) in [6.07, 6.45) is 5.08. The number of hydrogen-bond donors (Lipinski definition) is 4. The molecule has 8 nitrogen and oxygen atoms in total. The van der Waals surface area contributed by atoms with Crippen molar-refractivity contribution in [3.05, 3.63) is 54.6 Å². The summed E-state index contributed by atoms with van der Waals surface area (Å²) < 4.78 is 0. The first kappa shape index (κ1) is 14.2. The van der Waals surface area contributed by atoms with E-state index in [1.807, 2.05) is 18.2 Å². The van der Waals surface area contributed by atoms with E-state index in [0.717, 1.165) is 22.4 Å². The van der Waals surface area contributed by atoms with Gasteiger partial charge in [0, 0.05) is 12.3 Å². The molecule has 0 saturated heterocycles. The van der Waals surface area contributed by atoms with E-state index < -0.39 is 0 Å². The molecule has 1 unspecified atom stereocenters. The fourth-order valence-corrected chi connectivity index (χ4v) is 2.46. The molecule has 0 fully saturated rings. The molecule has 1 atom stereocenters. The SMILES string of the molecule is CC(Nc1nccc(Nc2ccn[nH]2)n1)c1ccc2nc[nH]c2c1. The van der Waals surface area contributed by atoms with E-state index in [9.17, 15) is 0 Å². The largest absolute Gasteiger partial charge is 0.348 e. The number of rotatable bonds is 5. The molecule has 0 radical (unpaired) electrons. The summed E-state index contributed by atoms with van der Waals surface area (Å²) in [5.74, 6) is 2.02. The van der Waals surface area contributed by atoms with Gasteiger partial charge in [0.05, 0.1) is 29.6 Å².